The second-order valence-electron chi connectivity index (χ2n) is 9.28. The molecular weight excluding hydrogens is 457 g/mol. The van der Waals surface area contributed by atoms with Gasteiger partial charge in [-0.1, -0.05) is 37.6 Å². The third-order valence-electron chi connectivity index (χ3n) is 6.51. The Morgan fingerprint density at radius 3 is 2.45 bits per heavy atom. The SMILES string of the molecule is Cc1ccc2c(NCC3(O)c4ccc(Cl)c(O)c4C(C)(C)CC3(O)C(F)(F)F)cccc2n1. The molecule has 1 heterocycles. The number of aromatic nitrogens is 1. The normalized spacial score (nSPS) is 24.5. The number of hydrogen-bond acceptors (Lipinski definition) is 5. The molecule has 3 aromatic rings. The van der Waals surface area contributed by atoms with Crippen LogP contribution in [0.25, 0.3) is 10.9 Å². The Labute approximate surface area is 193 Å². The number of nitrogens with one attached hydrogen (secondary N) is 1. The molecule has 1 aliphatic rings. The van der Waals surface area contributed by atoms with Crippen LogP contribution in [-0.2, 0) is 11.0 Å². The summed E-state index contributed by atoms with van der Waals surface area (Å²) < 4.78 is 43.0. The quantitative estimate of drug-likeness (QED) is 0.415. The second kappa shape index (κ2) is 7.48. The highest BCUT2D eigenvalue weighted by Crippen LogP contribution is 2.58. The molecule has 4 N–H and O–H groups in total. The zero-order valence-corrected chi connectivity index (χ0v) is 19.0. The van der Waals surface area contributed by atoms with Crippen molar-refractivity contribution in [2.45, 2.75) is 50.0 Å². The number of phenols is 1. The summed E-state index contributed by atoms with van der Waals surface area (Å²) in [6.45, 7) is 4.07. The molecule has 0 saturated carbocycles. The lowest BCUT2D eigenvalue weighted by molar-refractivity contribution is -0.330. The fraction of sp³-hybridized carbons (Fsp3) is 0.375. The van der Waals surface area contributed by atoms with Crippen LogP contribution in [0.5, 0.6) is 5.75 Å². The van der Waals surface area contributed by atoms with Crippen LogP contribution in [-0.4, -0.2) is 38.6 Å². The molecule has 0 saturated heterocycles. The van der Waals surface area contributed by atoms with Gasteiger partial charge in [-0.25, -0.2) is 0 Å². The number of rotatable bonds is 3. The number of pyridine rings is 1. The van der Waals surface area contributed by atoms with Crippen LogP contribution in [0.15, 0.2) is 42.5 Å². The van der Waals surface area contributed by atoms with Crippen LogP contribution in [0.1, 0.15) is 37.1 Å². The predicted octanol–water partition coefficient (Wildman–Crippen LogP) is 5.18. The fourth-order valence-corrected chi connectivity index (χ4v) is 5.06. The smallest absolute Gasteiger partial charge is 0.420 e. The predicted molar refractivity (Wildman–Crippen MR) is 121 cm³/mol. The first-order valence-electron chi connectivity index (χ1n) is 10.4. The van der Waals surface area contributed by atoms with Crippen LogP contribution < -0.4 is 5.32 Å². The van der Waals surface area contributed by atoms with E-state index in [1.54, 1.807) is 30.3 Å². The highest BCUT2D eigenvalue weighted by atomic mass is 35.5. The van der Waals surface area contributed by atoms with Gasteiger partial charge in [-0.15, -0.1) is 0 Å². The third kappa shape index (κ3) is 3.52. The molecule has 0 aliphatic heterocycles. The van der Waals surface area contributed by atoms with Gasteiger partial charge in [0.25, 0.3) is 0 Å². The summed E-state index contributed by atoms with van der Waals surface area (Å²) in [5.41, 5.74) is -5.95. The molecule has 2 aromatic carbocycles. The van der Waals surface area contributed by atoms with Gasteiger partial charge in [-0.05, 0) is 54.7 Å². The molecule has 5 nitrogen and oxygen atoms in total. The van der Waals surface area contributed by atoms with E-state index in [2.05, 4.69) is 10.3 Å². The minimum Gasteiger partial charge on any atom is -0.506 e. The number of aryl methyl sites for hydroxylation is 1. The van der Waals surface area contributed by atoms with Crippen LogP contribution in [0.4, 0.5) is 18.9 Å². The van der Waals surface area contributed by atoms with E-state index in [1.165, 1.54) is 26.0 Å². The van der Waals surface area contributed by atoms with Crippen molar-refractivity contribution in [3.8, 4) is 5.75 Å². The molecule has 1 aromatic heterocycles. The molecule has 0 radical (unpaired) electrons. The van der Waals surface area contributed by atoms with Crippen LogP contribution in [0.3, 0.4) is 0 Å². The Morgan fingerprint density at radius 2 is 1.79 bits per heavy atom. The number of halogens is 4. The van der Waals surface area contributed by atoms with Gasteiger partial charge in [-0.2, -0.15) is 13.2 Å². The van der Waals surface area contributed by atoms with Crippen molar-refractivity contribution in [3.63, 3.8) is 0 Å². The van der Waals surface area contributed by atoms with Gasteiger partial charge in [0, 0.05) is 22.3 Å². The van der Waals surface area contributed by atoms with Gasteiger partial charge in [0.05, 0.1) is 17.1 Å². The van der Waals surface area contributed by atoms with Crippen molar-refractivity contribution in [2.75, 3.05) is 11.9 Å². The van der Waals surface area contributed by atoms with Crippen LogP contribution in [0, 0.1) is 6.92 Å². The maximum Gasteiger partial charge on any atom is 0.420 e. The summed E-state index contributed by atoms with van der Waals surface area (Å²) in [7, 11) is 0. The van der Waals surface area contributed by atoms with E-state index in [0.717, 1.165) is 5.69 Å². The molecule has 0 spiro atoms. The fourth-order valence-electron chi connectivity index (χ4n) is 4.90. The second-order valence-corrected chi connectivity index (χ2v) is 9.68. The Balaban J connectivity index is 1.88. The highest BCUT2D eigenvalue weighted by molar-refractivity contribution is 6.32. The largest absolute Gasteiger partial charge is 0.506 e. The van der Waals surface area contributed by atoms with E-state index < -0.39 is 41.5 Å². The van der Waals surface area contributed by atoms with E-state index in [9.17, 15) is 28.5 Å². The number of benzene rings is 2. The molecule has 4 rings (SSSR count). The summed E-state index contributed by atoms with van der Waals surface area (Å²) in [5, 5.41) is 36.7. The third-order valence-corrected chi connectivity index (χ3v) is 6.81. The van der Waals surface area contributed by atoms with Gasteiger partial charge in [0.1, 0.15) is 11.4 Å². The van der Waals surface area contributed by atoms with Crippen molar-refractivity contribution in [1.82, 2.24) is 4.98 Å². The maximum atomic E-state index is 14.3. The topological polar surface area (TPSA) is 85.6 Å². The van der Waals surface area contributed by atoms with Gasteiger partial charge >= 0.3 is 6.18 Å². The van der Waals surface area contributed by atoms with Crippen LogP contribution >= 0.6 is 11.6 Å². The number of nitrogens with zero attached hydrogens (tertiary/aromatic N) is 1. The van der Waals surface area contributed by atoms with E-state index in [0.29, 0.717) is 16.6 Å². The average Bonchev–Trinajstić information content (AvgIpc) is 2.71. The lowest BCUT2D eigenvalue weighted by Crippen LogP contribution is -2.68. The van der Waals surface area contributed by atoms with Gasteiger partial charge in [0.15, 0.2) is 5.60 Å². The number of anilines is 1. The van der Waals surface area contributed by atoms with Gasteiger partial charge < -0.3 is 20.6 Å². The van der Waals surface area contributed by atoms with Gasteiger partial charge in [-0.3, -0.25) is 4.98 Å². The van der Waals surface area contributed by atoms with Crippen LogP contribution in [0.2, 0.25) is 5.02 Å². The maximum absolute atomic E-state index is 14.3. The summed E-state index contributed by atoms with van der Waals surface area (Å²) >= 11 is 6.04. The van der Waals surface area contributed by atoms with Crippen molar-refractivity contribution in [3.05, 3.63) is 64.3 Å². The number of fused-ring (bicyclic) bond motifs is 2. The van der Waals surface area contributed by atoms with E-state index >= 15 is 0 Å². The molecule has 0 fully saturated rings. The Morgan fingerprint density at radius 1 is 1.09 bits per heavy atom. The van der Waals surface area contributed by atoms with Crippen molar-refractivity contribution >= 4 is 28.2 Å². The molecular formula is C24H24ClF3N2O3. The number of phenolic OH excluding ortho intramolecular Hbond substituents is 1. The molecule has 1 aliphatic carbocycles. The summed E-state index contributed by atoms with van der Waals surface area (Å²) in [6, 6.07) is 11.1. The number of aromatic hydroxyl groups is 1. The molecule has 9 heteroatoms. The summed E-state index contributed by atoms with van der Waals surface area (Å²) in [6.07, 6.45) is -6.04. The molecule has 2 unspecified atom stereocenters. The first-order valence-corrected chi connectivity index (χ1v) is 10.7. The minimum atomic E-state index is -5.16. The van der Waals surface area contributed by atoms with E-state index in [1.807, 2.05) is 6.92 Å². The summed E-state index contributed by atoms with van der Waals surface area (Å²) in [4.78, 5) is 4.41. The molecule has 0 amide bonds. The Kier molecular flexibility index (Phi) is 5.35. The summed E-state index contributed by atoms with van der Waals surface area (Å²) in [5.74, 6) is -0.411. The highest BCUT2D eigenvalue weighted by Gasteiger charge is 2.71. The number of alkyl halides is 3. The minimum absolute atomic E-state index is 0.0509. The molecule has 2 atom stereocenters. The first kappa shape index (κ1) is 23.6. The number of aliphatic hydroxyl groups is 2. The monoisotopic (exact) mass is 480 g/mol. The Hall–Kier alpha value is -2.55. The molecule has 33 heavy (non-hydrogen) atoms. The molecule has 0 bridgehead atoms. The standard InChI is InChI=1S/C24H24ClF3N2O3/c1-13-7-8-14-17(5-4-6-18(14)30-13)29-12-22(32)15-9-10-16(25)20(31)19(15)21(2,3)11-23(22,33)24(26,27)28/h4-10,29,31-33H,11-12H2,1-3H3. The zero-order valence-electron chi connectivity index (χ0n) is 18.3. The Bertz CT molecular complexity index is 1250. The van der Waals surface area contributed by atoms with E-state index in [4.69, 9.17) is 11.6 Å². The first-order chi connectivity index (χ1) is 15.2. The zero-order chi connectivity index (χ0) is 24.4. The van der Waals surface area contributed by atoms with Crippen molar-refractivity contribution in [1.29, 1.82) is 0 Å². The van der Waals surface area contributed by atoms with Gasteiger partial charge in [0.2, 0.25) is 0 Å². The average molecular weight is 481 g/mol. The molecule has 176 valence electrons. The lowest BCUT2D eigenvalue weighted by atomic mass is 9.58. The van der Waals surface area contributed by atoms with E-state index in [-0.39, 0.29) is 16.1 Å². The van der Waals surface area contributed by atoms with Crippen molar-refractivity contribution < 1.29 is 28.5 Å². The lowest BCUT2D eigenvalue weighted by Gasteiger charge is -2.53. The number of hydrogen-bond donors (Lipinski definition) is 4. The van der Waals surface area contributed by atoms with Crippen molar-refractivity contribution in [2.24, 2.45) is 0 Å².